The Balaban J connectivity index is 1.79. The molecule has 0 saturated heterocycles. The molecule has 0 atom stereocenters. The number of ether oxygens (including phenoxy) is 2. The summed E-state index contributed by atoms with van der Waals surface area (Å²) in [5.41, 5.74) is -1.69. The van der Waals surface area contributed by atoms with Crippen molar-refractivity contribution in [2.45, 2.75) is 12.7 Å². The Hall–Kier alpha value is -2.97. The number of aromatic nitrogens is 1. The van der Waals surface area contributed by atoms with E-state index in [-0.39, 0.29) is 18.1 Å². The van der Waals surface area contributed by atoms with E-state index in [0.717, 1.165) is 12.3 Å². The molecule has 1 aromatic heterocycles. The fraction of sp³-hybridized carbons (Fsp3) is 0.200. The summed E-state index contributed by atoms with van der Waals surface area (Å²) in [6, 6.07) is 6.48. The van der Waals surface area contributed by atoms with Crippen LogP contribution < -0.4 is 19.5 Å². The summed E-state index contributed by atoms with van der Waals surface area (Å²) in [4.78, 5) is 12.1. The summed E-state index contributed by atoms with van der Waals surface area (Å²) in [5, 5.41) is 13.9. The van der Waals surface area contributed by atoms with Gasteiger partial charge in [-0.05, 0) is 23.8 Å². The van der Waals surface area contributed by atoms with Crippen LogP contribution >= 0.6 is 0 Å². The van der Waals surface area contributed by atoms with Crippen molar-refractivity contribution in [2.24, 2.45) is 0 Å². The van der Waals surface area contributed by atoms with Crippen LogP contribution in [0.5, 0.6) is 11.5 Å². The monoisotopic (exact) mass is 340 g/mol. The van der Waals surface area contributed by atoms with Gasteiger partial charge in [0.05, 0.1) is 0 Å². The Morgan fingerprint density at radius 2 is 2.00 bits per heavy atom. The number of hydrogen-bond acceptors (Lipinski definition) is 4. The molecule has 1 aromatic carbocycles. The summed E-state index contributed by atoms with van der Waals surface area (Å²) >= 11 is 0. The van der Waals surface area contributed by atoms with E-state index in [1.807, 2.05) is 0 Å². The number of fused-ring (bicyclic) bond motifs is 1. The van der Waals surface area contributed by atoms with E-state index in [1.54, 1.807) is 18.2 Å². The molecule has 0 spiro atoms. The number of alkyl halides is 3. The summed E-state index contributed by atoms with van der Waals surface area (Å²) in [7, 11) is 0. The highest BCUT2D eigenvalue weighted by atomic mass is 19.4. The van der Waals surface area contributed by atoms with Gasteiger partial charge in [-0.1, -0.05) is 6.07 Å². The predicted molar refractivity (Wildman–Crippen MR) is 74.1 cm³/mol. The highest BCUT2D eigenvalue weighted by molar-refractivity contribution is 5.92. The van der Waals surface area contributed by atoms with Crippen molar-refractivity contribution in [2.75, 3.05) is 6.79 Å². The minimum atomic E-state index is -4.81. The van der Waals surface area contributed by atoms with Gasteiger partial charge in [0.15, 0.2) is 17.7 Å². The van der Waals surface area contributed by atoms with E-state index in [1.165, 1.54) is 0 Å². The SMILES string of the molecule is O=C(NCc1ccc2c(c1)OCO2)c1c(C(F)(F)F)ccc[n+]1[O-]. The number of nitrogens with one attached hydrogen (secondary N) is 1. The number of pyridine rings is 1. The fourth-order valence-electron chi connectivity index (χ4n) is 2.26. The minimum absolute atomic E-state index is 0.0678. The highest BCUT2D eigenvalue weighted by Crippen LogP contribution is 2.33. The molecule has 1 N–H and O–H groups in total. The molecule has 6 nitrogen and oxygen atoms in total. The topological polar surface area (TPSA) is 74.5 Å². The van der Waals surface area contributed by atoms with Gasteiger partial charge in [0.2, 0.25) is 6.79 Å². The molecule has 126 valence electrons. The standard InChI is InChI=1S/C15H11F3N2O4/c16-15(17,18)10-2-1-5-20(22)13(10)14(21)19-7-9-3-4-11-12(6-9)24-8-23-11/h1-6H,7-8H2,(H,19,21). The highest BCUT2D eigenvalue weighted by Gasteiger charge is 2.40. The van der Waals surface area contributed by atoms with Gasteiger partial charge in [-0.3, -0.25) is 4.79 Å². The first-order valence-electron chi connectivity index (χ1n) is 6.82. The number of benzene rings is 1. The van der Waals surface area contributed by atoms with Crippen molar-refractivity contribution in [1.29, 1.82) is 0 Å². The van der Waals surface area contributed by atoms with E-state index in [4.69, 9.17) is 9.47 Å². The summed E-state index contributed by atoms with van der Waals surface area (Å²) < 4.78 is 49.0. The second kappa shape index (κ2) is 5.91. The molecule has 0 saturated carbocycles. The number of nitrogens with zero attached hydrogens (tertiary/aromatic N) is 1. The van der Waals surface area contributed by atoms with Gasteiger partial charge in [-0.25, -0.2) is 0 Å². The van der Waals surface area contributed by atoms with E-state index >= 15 is 0 Å². The molecule has 2 aromatic rings. The summed E-state index contributed by atoms with van der Waals surface area (Å²) in [5.74, 6) is -0.0863. The Bertz CT molecular complexity index is 793. The number of amides is 1. The molecule has 0 aliphatic carbocycles. The lowest BCUT2D eigenvalue weighted by Crippen LogP contribution is -2.41. The molecule has 0 radical (unpaired) electrons. The third kappa shape index (κ3) is 3.05. The van der Waals surface area contributed by atoms with E-state index in [0.29, 0.717) is 23.1 Å². The lowest BCUT2D eigenvalue weighted by atomic mass is 10.1. The lowest BCUT2D eigenvalue weighted by molar-refractivity contribution is -0.609. The average Bonchev–Trinajstić information content (AvgIpc) is 2.99. The number of carbonyl (C=O) groups is 1. The van der Waals surface area contributed by atoms with Gasteiger partial charge in [-0.15, -0.1) is 0 Å². The molecule has 0 bridgehead atoms. The van der Waals surface area contributed by atoms with Crippen molar-refractivity contribution >= 4 is 5.91 Å². The van der Waals surface area contributed by atoms with Crippen LogP contribution in [0.1, 0.15) is 21.6 Å². The normalized spacial score (nSPS) is 13.0. The van der Waals surface area contributed by atoms with E-state index in [9.17, 15) is 23.2 Å². The minimum Gasteiger partial charge on any atom is -0.618 e. The molecule has 24 heavy (non-hydrogen) atoms. The van der Waals surface area contributed by atoms with Crippen LogP contribution in [0.15, 0.2) is 36.5 Å². The number of carbonyl (C=O) groups excluding carboxylic acids is 1. The Labute approximate surface area is 134 Å². The molecule has 1 aliphatic rings. The van der Waals surface area contributed by atoms with Crippen LogP contribution in [0, 0.1) is 5.21 Å². The maximum absolute atomic E-state index is 12.9. The van der Waals surface area contributed by atoms with Crippen molar-refractivity contribution in [3.8, 4) is 11.5 Å². The average molecular weight is 340 g/mol. The first kappa shape index (κ1) is 15.9. The van der Waals surface area contributed by atoms with Gasteiger partial charge < -0.3 is 20.0 Å². The summed E-state index contributed by atoms with van der Waals surface area (Å²) in [6.07, 6.45) is -3.97. The van der Waals surface area contributed by atoms with Crippen LogP contribution in [0.3, 0.4) is 0 Å². The predicted octanol–water partition coefficient (Wildman–Crippen LogP) is 2.00. The van der Waals surface area contributed by atoms with Crippen LogP contribution in [-0.4, -0.2) is 12.7 Å². The number of hydrogen-bond donors (Lipinski definition) is 1. The van der Waals surface area contributed by atoms with E-state index in [2.05, 4.69) is 5.32 Å². The Morgan fingerprint density at radius 3 is 2.75 bits per heavy atom. The second-order valence-electron chi connectivity index (χ2n) is 4.96. The molecule has 2 heterocycles. The van der Waals surface area contributed by atoms with Crippen LogP contribution in [-0.2, 0) is 12.7 Å². The van der Waals surface area contributed by atoms with Gasteiger partial charge in [0, 0.05) is 12.6 Å². The van der Waals surface area contributed by atoms with Crippen molar-refractivity contribution in [3.05, 3.63) is 58.6 Å². The smallest absolute Gasteiger partial charge is 0.423 e. The van der Waals surface area contributed by atoms with Crippen LogP contribution in [0.2, 0.25) is 0 Å². The zero-order valence-corrected chi connectivity index (χ0v) is 12.1. The third-order valence-electron chi connectivity index (χ3n) is 3.37. The quantitative estimate of drug-likeness (QED) is 0.685. The maximum atomic E-state index is 12.9. The molecule has 3 rings (SSSR count). The van der Waals surface area contributed by atoms with Crippen LogP contribution in [0.4, 0.5) is 13.2 Å². The zero-order valence-electron chi connectivity index (χ0n) is 12.1. The summed E-state index contributed by atoms with van der Waals surface area (Å²) in [6.45, 7) is 0.0158. The van der Waals surface area contributed by atoms with Gasteiger partial charge in [-0.2, -0.15) is 17.9 Å². The lowest BCUT2D eigenvalue weighted by Gasteiger charge is -2.12. The van der Waals surface area contributed by atoms with Crippen molar-refractivity contribution < 1.29 is 32.2 Å². The molecular formula is C15H11F3N2O4. The molecule has 9 heteroatoms. The van der Waals surface area contributed by atoms with Gasteiger partial charge in [0.25, 0.3) is 5.69 Å². The molecule has 1 amide bonds. The number of halogens is 3. The van der Waals surface area contributed by atoms with E-state index < -0.39 is 23.3 Å². The first-order chi connectivity index (χ1) is 11.4. The van der Waals surface area contributed by atoms with Crippen molar-refractivity contribution in [3.63, 3.8) is 0 Å². The molecular weight excluding hydrogens is 329 g/mol. The maximum Gasteiger partial charge on any atom is 0.423 e. The third-order valence-corrected chi connectivity index (χ3v) is 3.37. The molecule has 1 aliphatic heterocycles. The fourth-order valence-corrected chi connectivity index (χ4v) is 2.26. The van der Waals surface area contributed by atoms with Gasteiger partial charge >= 0.3 is 12.1 Å². The van der Waals surface area contributed by atoms with Crippen LogP contribution in [0.25, 0.3) is 0 Å². The number of rotatable bonds is 3. The second-order valence-corrected chi connectivity index (χ2v) is 4.96. The zero-order chi connectivity index (χ0) is 17.3. The Morgan fingerprint density at radius 1 is 1.25 bits per heavy atom. The van der Waals surface area contributed by atoms with Crippen molar-refractivity contribution in [1.82, 2.24) is 5.32 Å². The Kier molecular flexibility index (Phi) is 3.92. The van der Waals surface area contributed by atoms with Gasteiger partial charge in [0.1, 0.15) is 5.56 Å². The first-order valence-corrected chi connectivity index (χ1v) is 6.82. The largest absolute Gasteiger partial charge is 0.618 e. The molecule has 0 unspecified atom stereocenters. The molecule has 0 fully saturated rings.